The van der Waals surface area contributed by atoms with E-state index in [0.717, 1.165) is 19.4 Å². The summed E-state index contributed by atoms with van der Waals surface area (Å²) in [5, 5.41) is 20.7. The Hall–Kier alpha value is -2.57. The number of para-hydroxylation sites is 1. The Labute approximate surface area is 126 Å². The van der Waals surface area contributed by atoms with Crippen molar-refractivity contribution in [1.82, 2.24) is 0 Å². The van der Waals surface area contributed by atoms with Crippen molar-refractivity contribution >= 4 is 23.6 Å². The Balaban J connectivity index is 2.06. The third-order valence-electron chi connectivity index (χ3n) is 3.31. The molecular weight excluding hydrogens is 290 g/mol. The van der Waals surface area contributed by atoms with Crippen molar-refractivity contribution in [2.75, 3.05) is 11.9 Å². The lowest BCUT2D eigenvalue weighted by molar-refractivity contribution is -0.153. The number of hydrogen-bond acceptors (Lipinski definition) is 5. The molecule has 3 N–H and O–H groups in total. The molecule has 1 atom stereocenters. The molecule has 118 valence electrons. The third kappa shape index (κ3) is 4.47. The van der Waals surface area contributed by atoms with E-state index in [1.807, 2.05) is 0 Å². The van der Waals surface area contributed by atoms with Crippen LogP contribution in [0.15, 0.2) is 24.3 Å². The smallest absolute Gasteiger partial charge is 0.345 e. The Bertz CT molecular complexity index is 581. The minimum atomic E-state index is -1.71. The van der Waals surface area contributed by atoms with Gasteiger partial charge in [-0.05, 0) is 30.9 Å². The van der Waals surface area contributed by atoms with Gasteiger partial charge in [-0.3, -0.25) is 4.79 Å². The van der Waals surface area contributed by atoms with E-state index in [9.17, 15) is 14.4 Å². The number of carbonyl (C=O) groups is 3. The molecular formula is C15H17NO6. The molecule has 1 aliphatic carbocycles. The van der Waals surface area contributed by atoms with Gasteiger partial charge in [-0.2, -0.15) is 0 Å². The van der Waals surface area contributed by atoms with Crippen LogP contribution in [0, 0.1) is 5.92 Å². The second kappa shape index (κ2) is 6.93. The monoisotopic (exact) mass is 307 g/mol. The van der Waals surface area contributed by atoms with Crippen molar-refractivity contribution in [3.63, 3.8) is 0 Å². The van der Waals surface area contributed by atoms with Gasteiger partial charge in [0, 0.05) is 12.2 Å². The van der Waals surface area contributed by atoms with Crippen LogP contribution in [0.3, 0.4) is 0 Å². The lowest BCUT2D eigenvalue weighted by atomic mass is 10.1. The molecule has 1 aromatic rings. The summed E-state index contributed by atoms with van der Waals surface area (Å²) in [4.78, 5) is 33.7. The number of carbonyl (C=O) groups excluding carboxylic acids is 1. The minimum absolute atomic E-state index is 0.194. The van der Waals surface area contributed by atoms with Gasteiger partial charge < -0.3 is 20.3 Å². The fourth-order valence-electron chi connectivity index (χ4n) is 1.92. The lowest BCUT2D eigenvalue weighted by Crippen LogP contribution is -2.29. The fraction of sp³-hybridized carbons (Fsp3) is 0.400. The third-order valence-corrected chi connectivity index (χ3v) is 3.31. The largest absolute Gasteiger partial charge is 0.481 e. The predicted octanol–water partition coefficient (Wildman–Crippen LogP) is 1.59. The number of anilines is 1. The molecule has 0 spiro atoms. The minimum Gasteiger partial charge on any atom is -0.481 e. The molecule has 1 unspecified atom stereocenters. The van der Waals surface area contributed by atoms with Crippen molar-refractivity contribution < 1.29 is 29.3 Å². The summed E-state index contributed by atoms with van der Waals surface area (Å²) in [6.45, 7) is 0.738. The highest BCUT2D eigenvalue weighted by atomic mass is 16.6. The SMILES string of the molecule is O=C(O)CC(OC(=O)c1ccccc1NCC1CC1)C(=O)O. The van der Waals surface area contributed by atoms with Crippen LogP contribution in [-0.2, 0) is 14.3 Å². The second-order valence-corrected chi connectivity index (χ2v) is 5.20. The molecule has 22 heavy (non-hydrogen) atoms. The van der Waals surface area contributed by atoms with Gasteiger partial charge in [0.05, 0.1) is 12.0 Å². The van der Waals surface area contributed by atoms with Crippen LogP contribution >= 0.6 is 0 Å². The first-order valence-electron chi connectivity index (χ1n) is 6.96. The van der Waals surface area contributed by atoms with Crippen molar-refractivity contribution in [2.24, 2.45) is 5.92 Å². The zero-order valence-electron chi connectivity index (χ0n) is 11.8. The van der Waals surface area contributed by atoms with Gasteiger partial charge in [-0.15, -0.1) is 0 Å². The van der Waals surface area contributed by atoms with Crippen LogP contribution in [0.5, 0.6) is 0 Å². The van der Waals surface area contributed by atoms with Gasteiger partial charge in [0.2, 0.25) is 6.10 Å². The molecule has 1 aliphatic rings. The molecule has 0 aliphatic heterocycles. The van der Waals surface area contributed by atoms with Crippen molar-refractivity contribution in [1.29, 1.82) is 0 Å². The standard InChI is InChI=1S/C15H17NO6/c17-13(18)7-12(14(19)20)22-15(21)10-3-1-2-4-11(10)16-8-9-5-6-9/h1-4,9,12,16H,5-8H2,(H,17,18)(H,19,20). The number of carboxylic acids is 2. The van der Waals surface area contributed by atoms with Gasteiger partial charge >= 0.3 is 17.9 Å². The summed E-state index contributed by atoms with van der Waals surface area (Å²) in [6.07, 6.45) is -0.182. The van der Waals surface area contributed by atoms with Crippen LogP contribution in [-0.4, -0.2) is 40.8 Å². The number of rotatable bonds is 8. The van der Waals surface area contributed by atoms with E-state index < -0.39 is 30.4 Å². The van der Waals surface area contributed by atoms with Gasteiger partial charge in [0.25, 0.3) is 0 Å². The van der Waals surface area contributed by atoms with Crippen LogP contribution < -0.4 is 5.32 Å². The molecule has 0 amide bonds. The Morgan fingerprint density at radius 1 is 1.23 bits per heavy atom. The first kappa shape index (κ1) is 15.8. The van der Waals surface area contributed by atoms with E-state index in [-0.39, 0.29) is 5.56 Å². The maximum Gasteiger partial charge on any atom is 0.345 e. The topological polar surface area (TPSA) is 113 Å². The highest BCUT2D eigenvalue weighted by Crippen LogP contribution is 2.29. The molecule has 0 bridgehead atoms. The molecule has 1 aromatic carbocycles. The molecule has 7 nitrogen and oxygen atoms in total. The number of carboxylic acid groups (broad SMARTS) is 2. The summed E-state index contributed by atoms with van der Waals surface area (Å²) in [6, 6.07) is 6.59. The summed E-state index contributed by atoms with van der Waals surface area (Å²) in [5.41, 5.74) is 0.749. The molecule has 0 heterocycles. The quantitative estimate of drug-likeness (QED) is 0.625. The van der Waals surface area contributed by atoms with Crippen molar-refractivity contribution in [3.05, 3.63) is 29.8 Å². The summed E-state index contributed by atoms with van der Waals surface area (Å²) < 4.78 is 4.81. The predicted molar refractivity (Wildman–Crippen MR) is 76.7 cm³/mol. The van der Waals surface area contributed by atoms with Crippen LogP contribution in [0.2, 0.25) is 0 Å². The van der Waals surface area contributed by atoms with Crippen LogP contribution in [0.25, 0.3) is 0 Å². The van der Waals surface area contributed by atoms with Gasteiger partial charge in [0.1, 0.15) is 0 Å². The van der Waals surface area contributed by atoms with E-state index in [1.165, 1.54) is 6.07 Å². The number of ether oxygens (including phenoxy) is 1. The molecule has 0 saturated heterocycles. The number of nitrogens with one attached hydrogen (secondary N) is 1. The highest BCUT2D eigenvalue weighted by Gasteiger charge is 2.27. The molecule has 0 aromatic heterocycles. The highest BCUT2D eigenvalue weighted by molar-refractivity contribution is 5.97. The summed E-state index contributed by atoms with van der Waals surface area (Å²) >= 11 is 0. The average Bonchev–Trinajstić information content (AvgIpc) is 3.28. The van der Waals surface area contributed by atoms with Crippen LogP contribution in [0.1, 0.15) is 29.6 Å². The average molecular weight is 307 g/mol. The normalized spacial score (nSPS) is 14.9. The fourth-order valence-corrected chi connectivity index (χ4v) is 1.92. The maximum absolute atomic E-state index is 12.1. The molecule has 1 fully saturated rings. The van der Waals surface area contributed by atoms with Gasteiger partial charge in [0.15, 0.2) is 0 Å². The van der Waals surface area contributed by atoms with E-state index in [2.05, 4.69) is 5.32 Å². The first-order chi connectivity index (χ1) is 10.5. The van der Waals surface area contributed by atoms with E-state index in [1.54, 1.807) is 18.2 Å². The zero-order valence-corrected chi connectivity index (χ0v) is 11.8. The van der Waals surface area contributed by atoms with E-state index in [0.29, 0.717) is 11.6 Å². The number of esters is 1. The van der Waals surface area contributed by atoms with Crippen LogP contribution in [0.4, 0.5) is 5.69 Å². The summed E-state index contributed by atoms with van der Waals surface area (Å²) in [7, 11) is 0. The zero-order chi connectivity index (χ0) is 16.1. The van der Waals surface area contributed by atoms with Gasteiger partial charge in [-0.1, -0.05) is 12.1 Å². The van der Waals surface area contributed by atoms with Crippen molar-refractivity contribution in [2.45, 2.75) is 25.4 Å². The molecule has 2 rings (SSSR count). The molecule has 0 radical (unpaired) electrons. The molecule has 7 heteroatoms. The lowest BCUT2D eigenvalue weighted by Gasteiger charge is -2.14. The first-order valence-corrected chi connectivity index (χ1v) is 6.96. The summed E-state index contributed by atoms with van der Waals surface area (Å²) in [5.74, 6) is -3.09. The van der Waals surface area contributed by atoms with E-state index in [4.69, 9.17) is 14.9 Å². The Kier molecular flexibility index (Phi) is 4.98. The van der Waals surface area contributed by atoms with Crippen molar-refractivity contribution in [3.8, 4) is 0 Å². The Morgan fingerprint density at radius 2 is 1.91 bits per heavy atom. The Morgan fingerprint density at radius 3 is 2.50 bits per heavy atom. The number of aliphatic carboxylic acids is 2. The van der Waals surface area contributed by atoms with Gasteiger partial charge in [-0.25, -0.2) is 9.59 Å². The number of benzene rings is 1. The molecule has 1 saturated carbocycles. The van der Waals surface area contributed by atoms with E-state index >= 15 is 0 Å². The second-order valence-electron chi connectivity index (χ2n) is 5.20. The number of hydrogen-bond donors (Lipinski definition) is 3. The maximum atomic E-state index is 12.1.